The normalized spacial score (nSPS) is 33.3. The molecule has 2 bridgehead atoms. The van der Waals surface area contributed by atoms with Gasteiger partial charge >= 0.3 is 0 Å². The van der Waals surface area contributed by atoms with Gasteiger partial charge in [0.15, 0.2) is 0 Å². The van der Waals surface area contributed by atoms with Crippen molar-refractivity contribution in [1.29, 1.82) is 0 Å². The molecule has 3 unspecified atom stereocenters. The highest BCUT2D eigenvalue weighted by atomic mass is 16.1. The molecule has 2 aliphatic carbocycles. The van der Waals surface area contributed by atoms with Crippen molar-refractivity contribution in [3.05, 3.63) is 0 Å². The van der Waals surface area contributed by atoms with Gasteiger partial charge in [0.05, 0.1) is 6.54 Å². The zero-order valence-electron chi connectivity index (χ0n) is 9.59. The second-order valence-electron chi connectivity index (χ2n) is 5.02. The highest BCUT2D eigenvalue weighted by Crippen LogP contribution is 2.47. The van der Waals surface area contributed by atoms with Gasteiger partial charge in [-0.3, -0.25) is 4.79 Å². The van der Waals surface area contributed by atoms with Crippen LogP contribution in [0.4, 0.5) is 0 Å². The van der Waals surface area contributed by atoms with Crippen LogP contribution in [0.25, 0.3) is 0 Å². The third-order valence-corrected chi connectivity index (χ3v) is 3.95. The van der Waals surface area contributed by atoms with Gasteiger partial charge in [0.25, 0.3) is 0 Å². The van der Waals surface area contributed by atoms with Gasteiger partial charge in [0, 0.05) is 6.54 Å². The Morgan fingerprint density at radius 3 is 2.80 bits per heavy atom. The maximum atomic E-state index is 11.2. The van der Waals surface area contributed by atoms with Crippen LogP contribution >= 0.6 is 0 Å². The van der Waals surface area contributed by atoms with E-state index >= 15 is 0 Å². The summed E-state index contributed by atoms with van der Waals surface area (Å²) >= 11 is 0. The fraction of sp³-hybridized carbons (Fsp3) is 0.917. The molecule has 2 fully saturated rings. The van der Waals surface area contributed by atoms with E-state index in [9.17, 15) is 4.79 Å². The Balaban J connectivity index is 1.60. The third-order valence-electron chi connectivity index (χ3n) is 3.95. The van der Waals surface area contributed by atoms with Gasteiger partial charge in [-0.25, -0.2) is 0 Å². The van der Waals surface area contributed by atoms with E-state index in [0.717, 1.165) is 30.8 Å². The average molecular weight is 210 g/mol. The number of hydrogen-bond acceptors (Lipinski definition) is 2. The van der Waals surface area contributed by atoms with Crippen molar-refractivity contribution in [1.82, 2.24) is 10.6 Å². The molecule has 2 saturated carbocycles. The van der Waals surface area contributed by atoms with Crippen LogP contribution in [0.3, 0.4) is 0 Å². The molecule has 0 aliphatic heterocycles. The Hall–Kier alpha value is -0.570. The first-order chi connectivity index (χ1) is 7.29. The summed E-state index contributed by atoms with van der Waals surface area (Å²) in [6.07, 6.45) is 5.73. The Kier molecular flexibility index (Phi) is 3.62. The van der Waals surface area contributed by atoms with Crippen LogP contribution in [0, 0.1) is 17.8 Å². The maximum absolute atomic E-state index is 11.2. The Bertz CT molecular complexity index is 230. The standard InChI is InChI=1S/C12H22N2O/c1-2-14-12(15)8-13-7-11-6-9-3-4-10(11)5-9/h9-11,13H,2-8H2,1H3,(H,14,15). The van der Waals surface area contributed by atoms with Crippen molar-refractivity contribution >= 4 is 5.91 Å². The first-order valence-electron chi connectivity index (χ1n) is 6.27. The Morgan fingerprint density at radius 1 is 1.33 bits per heavy atom. The molecule has 0 aromatic rings. The smallest absolute Gasteiger partial charge is 0.233 e. The topological polar surface area (TPSA) is 41.1 Å². The van der Waals surface area contributed by atoms with Gasteiger partial charge in [-0.15, -0.1) is 0 Å². The summed E-state index contributed by atoms with van der Waals surface area (Å²) < 4.78 is 0. The van der Waals surface area contributed by atoms with E-state index < -0.39 is 0 Å². The van der Waals surface area contributed by atoms with Gasteiger partial charge < -0.3 is 10.6 Å². The fourth-order valence-corrected chi connectivity index (χ4v) is 3.26. The van der Waals surface area contributed by atoms with Crippen LogP contribution in [0.2, 0.25) is 0 Å². The zero-order valence-corrected chi connectivity index (χ0v) is 9.59. The summed E-state index contributed by atoms with van der Waals surface area (Å²) in [6.45, 7) is 4.21. The monoisotopic (exact) mass is 210 g/mol. The Morgan fingerprint density at radius 2 is 2.20 bits per heavy atom. The summed E-state index contributed by atoms with van der Waals surface area (Å²) in [7, 11) is 0. The number of likely N-dealkylation sites (N-methyl/N-ethyl adjacent to an activating group) is 1. The minimum Gasteiger partial charge on any atom is -0.355 e. The lowest BCUT2D eigenvalue weighted by molar-refractivity contribution is -0.120. The quantitative estimate of drug-likeness (QED) is 0.714. The molecule has 15 heavy (non-hydrogen) atoms. The molecule has 0 radical (unpaired) electrons. The van der Waals surface area contributed by atoms with Crippen LogP contribution in [0.5, 0.6) is 0 Å². The van der Waals surface area contributed by atoms with Crippen LogP contribution in [0.1, 0.15) is 32.6 Å². The molecule has 0 spiro atoms. The zero-order chi connectivity index (χ0) is 10.7. The van der Waals surface area contributed by atoms with E-state index in [-0.39, 0.29) is 5.91 Å². The van der Waals surface area contributed by atoms with E-state index in [1.807, 2.05) is 6.92 Å². The molecule has 3 heteroatoms. The van der Waals surface area contributed by atoms with Crippen LogP contribution < -0.4 is 10.6 Å². The van der Waals surface area contributed by atoms with Gasteiger partial charge in [0.1, 0.15) is 0 Å². The van der Waals surface area contributed by atoms with Crippen molar-refractivity contribution in [2.24, 2.45) is 17.8 Å². The molecule has 1 amide bonds. The van der Waals surface area contributed by atoms with Gasteiger partial charge in [-0.05, 0) is 50.5 Å². The second-order valence-corrected chi connectivity index (χ2v) is 5.02. The fourth-order valence-electron chi connectivity index (χ4n) is 3.26. The molecule has 2 aliphatic rings. The van der Waals surface area contributed by atoms with Crippen LogP contribution in [-0.4, -0.2) is 25.5 Å². The van der Waals surface area contributed by atoms with E-state index in [1.54, 1.807) is 0 Å². The predicted molar refractivity (Wildman–Crippen MR) is 60.5 cm³/mol. The molecule has 3 nitrogen and oxygen atoms in total. The predicted octanol–water partition coefficient (Wildman–Crippen LogP) is 1.15. The molecular formula is C12H22N2O. The number of carbonyl (C=O) groups is 1. The summed E-state index contributed by atoms with van der Waals surface area (Å²) in [4.78, 5) is 11.2. The number of nitrogens with one attached hydrogen (secondary N) is 2. The number of carbonyl (C=O) groups excluding carboxylic acids is 1. The van der Waals surface area contributed by atoms with Crippen molar-refractivity contribution in [2.75, 3.05) is 19.6 Å². The lowest BCUT2D eigenvalue weighted by Gasteiger charge is -2.21. The number of amides is 1. The minimum absolute atomic E-state index is 0.126. The average Bonchev–Trinajstić information content (AvgIpc) is 2.79. The van der Waals surface area contributed by atoms with Crippen LogP contribution in [-0.2, 0) is 4.79 Å². The van der Waals surface area contributed by atoms with Gasteiger partial charge in [-0.2, -0.15) is 0 Å². The minimum atomic E-state index is 0.126. The molecule has 0 aromatic carbocycles. The molecule has 3 atom stereocenters. The SMILES string of the molecule is CCNC(=O)CNCC1CC2CCC1C2. The highest BCUT2D eigenvalue weighted by molar-refractivity contribution is 5.77. The second kappa shape index (κ2) is 4.97. The molecule has 0 saturated heterocycles. The molecule has 2 rings (SSSR count). The number of hydrogen-bond donors (Lipinski definition) is 2. The van der Waals surface area contributed by atoms with Gasteiger partial charge in [-0.1, -0.05) is 6.42 Å². The summed E-state index contributed by atoms with van der Waals surface area (Å²) in [6, 6.07) is 0. The lowest BCUT2D eigenvalue weighted by Crippen LogP contribution is -2.36. The molecule has 86 valence electrons. The van der Waals surface area contributed by atoms with E-state index in [2.05, 4.69) is 10.6 Å². The summed E-state index contributed by atoms with van der Waals surface area (Å²) in [5.41, 5.74) is 0. The summed E-state index contributed by atoms with van der Waals surface area (Å²) in [5.74, 6) is 2.93. The Labute approximate surface area is 92.0 Å². The highest BCUT2D eigenvalue weighted by Gasteiger charge is 2.38. The first kappa shape index (κ1) is 10.9. The van der Waals surface area contributed by atoms with Crippen molar-refractivity contribution < 1.29 is 4.79 Å². The number of rotatable bonds is 5. The lowest BCUT2D eigenvalue weighted by atomic mass is 9.89. The third kappa shape index (κ3) is 2.71. The molecule has 0 aromatic heterocycles. The van der Waals surface area contributed by atoms with E-state index in [4.69, 9.17) is 0 Å². The molecule has 0 heterocycles. The first-order valence-corrected chi connectivity index (χ1v) is 6.27. The van der Waals surface area contributed by atoms with Crippen LogP contribution in [0.15, 0.2) is 0 Å². The van der Waals surface area contributed by atoms with E-state index in [1.165, 1.54) is 25.7 Å². The van der Waals surface area contributed by atoms with E-state index in [0.29, 0.717) is 6.54 Å². The molecule has 2 N–H and O–H groups in total. The number of fused-ring (bicyclic) bond motifs is 2. The van der Waals surface area contributed by atoms with Crippen molar-refractivity contribution in [2.45, 2.75) is 32.6 Å². The maximum Gasteiger partial charge on any atom is 0.233 e. The van der Waals surface area contributed by atoms with Crippen molar-refractivity contribution in [3.8, 4) is 0 Å². The van der Waals surface area contributed by atoms with Crippen molar-refractivity contribution in [3.63, 3.8) is 0 Å². The largest absolute Gasteiger partial charge is 0.355 e. The van der Waals surface area contributed by atoms with Gasteiger partial charge in [0.2, 0.25) is 5.91 Å². The molecular weight excluding hydrogens is 188 g/mol. The summed E-state index contributed by atoms with van der Waals surface area (Å²) in [5, 5.41) is 6.09.